The van der Waals surface area contributed by atoms with Crippen molar-refractivity contribution in [1.29, 1.82) is 0 Å². The Morgan fingerprint density at radius 3 is 1.00 bits per heavy atom. The van der Waals surface area contributed by atoms with Gasteiger partial charge in [0, 0.05) is 19.6 Å². The molecule has 2 nitrogen and oxygen atoms in total. The summed E-state index contributed by atoms with van der Waals surface area (Å²) < 4.78 is 4.56. The average Bonchev–Trinajstić information content (AvgIpc) is 2.81. The second-order valence-electron chi connectivity index (χ2n) is 6.85. The third-order valence-corrected chi connectivity index (χ3v) is 8.10. The lowest BCUT2D eigenvalue weighted by atomic mass is 10.2. The van der Waals surface area contributed by atoms with Gasteiger partial charge < -0.3 is 0 Å². The van der Waals surface area contributed by atoms with E-state index in [1.165, 1.54) is 42.3 Å². The molecule has 0 N–H and O–H groups in total. The van der Waals surface area contributed by atoms with Crippen LogP contribution in [0.3, 0.4) is 0 Å². The van der Waals surface area contributed by atoms with Crippen LogP contribution in [0.15, 0.2) is 117 Å². The Morgan fingerprint density at radius 2 is 0.724 bits per heavy atom. The van der Waals surface area contributed by atoms with E-state index in [0.29, 0.717) is 0 Å². The third-order valence-electron chi connectivity index (χ3n) is 4.91. The minimum Gasteiger partial charge on any atom is -0.280 e. The maximum atomic E-state index is 2.28. The smallest absolute Gasteiger partial charge is 0.0529 e. The lowest BCUT2D eigenvalue weighted by molar-refractivity contribution is 1.30. The van der Waals surface area contributed by atoms with Gasteiger partial charge in [-0.05, 0) is 121 Å². The largest absolute Gasteiger partial charge is 0.280 e. The fraction of sp³-hybridized carbons (Fsp3) is 0. The Bertz CT molecular complexity index is 1060. The summed E-state index contributed by atoms with van der Waals surface area (Å²) in [5.74, 6) is 0. The zero-order valence-electron chi connectivity index (χ0n) is 15.4. The molecule has 0 aliphatic carbocycles. The van der Waals surface area contributed by atoms with Crippen LogP contribution in [0.25, 0.3) is 0 Å². The van der Waals surface area contributed by atoms with Crippen LogP contribution >= 0.6 is 35.7 Å². The molecule has 0 saturated heterocycles. The van der Waals surface area contributed by atoms with Gasteiger partial charge in [-0.25, -0.2) is 0 Å². The summed E-state index contributed by atoms with van der Waals surface area (Å²) in [4.78, 5) is 5.06. The highest BCUT2D eigenvalue weighted by Crippen LogP contribution is 2.44. The molecule has 29 heavy (non-hydrogen) atoms. The fourth-order valence-electron chi connectivity index (χ4n) is 3.44. The molecule has 4 aromatic rings. The van der Waals surface area contributed by atoms with E-state index in [0.717, 1.165) is 0 Å². The number of hydrogen-bond acceptors (Lipinski definition) is 5. The molecule has 4 aliphatic rings. The third kappa shape index (κ3) is 3.29. The number of anilines is 4. The van der Waals surface area contributed by atoms with E-state index in [-0.39, 0.29) is 0 Å². The van der Waals surface area contributed by atoms with Crippen LogP contribution in [0.2, 0.25) is 0 Å². The van der Waals surface area contributed by atoms with Crippen LogP contribution in [0, 0.1) is 0 Å². The zero-order chi connectivity index (χ0) is 19.2. The second-order valence-corrected chi connectivity index (χ2v) is 10.0. The van der Waals surface area contributed by atoms with Crippen molar-refractivity contribution >= 4 is 58.4 Å². The summed E-state index contributed by atoms with van der Waals surface area (Å²) in [5.41, 5.74) is 4.88. The highest BCUT2D eigenvalue weighted by Gasteiger charge is 2.18. The molecule has 4 aromatic carbocycles. The Morgan fingerprint density at radius 1 is 0.414 bits per heavy atom. The summed E-state index contributed by atoms with van der Waals surface area (Å²) in [6, 6.07) is 35.0. The highest BCUT2D eigenvalue weighted by molar-refractivity contribution is 8.01. The van der Waals surface area contributed by atoms with E-state index in [4.69, 9.17) is 0 Å². The van der Waals surface area contributed by atoms with Crippen molar-refractivity contribution < 1.29 is 0 Å². The average molecular weight is 429 g/mol. The fourth-order valence-corrected chi connectivity index (χ4v) is 6.10. The molecule has 0 saturated carbocycles. The zero-order valence-corrected chi connectivity index (χ0v) is 17.8. The SMILES string of the molecule is c1cc(N2Sc3ccc2cc3)ccc1Sc1ccc(N2Sc3ccc2cc3)cc1. The van der Waals surface area contributed by atoms with Crippen molar-refractivity contribution in [2.24, 2.45) is 0 Å². The predicted octanol–water partition coefficient (Wildman–Crippen LogP) is 8.16. The second kappa shape index (κ2) is 7.10. The minimum absolute atomic E-state index is 1.21. The Hall–Kier alpha value is -2.47. The quantitative estimate of drug-likeness (QED) is 0.302. The molecule has 4 bridgehead atoms. The lowest BCUT2D eigenvalue weighted by Gasteiger charge is -2.28. The molecule has 0 spiro atoms. The van der Waals surface area contributed by atoms with Crippen LogP contribution in [0.5, 0.6) is 0 Å². The van der Waals surface area contributed by atoms with Gasteiger partial charge >= 0.3 is 0 Å². The maximum Gasteiger partial charge on any atom is 0.0529 e. The van der Waals surface area contributed by atoms with Crippen molar-refractivity contribution in [3.05, 3.63) is 97.1 Å². The van der Waals surface area contributed by atoms with Crippen molar-refractivity contribution in [2.45, 2.75) is 19.6 Å². The van der Waals surface area contributed by atoms with Gasteiger partial charge in [0.2, 0.25) is 0 Å². The first-order valence-electron chi connectivity index (χ1n) is 9.36. The lowest BCUT2D eigenvalue weighted by Crippen LogP contribution is -2.10. The molecule has 4 heterocycles. The van der Waals surface area contributed by atoms with Crippen LogP contribution < -0.4 is 8.61 Å². The van der Waals surface area contributed by atoms with E-state index >= 15 is 0 Å². The van der Waals surface area contributed by atoms with Gasteiger partial charge in [0.15, 0.2) is 0 Å². The maximum absolute atomic E-state index is 2.28. The molecular weight excluding hydrogens is 412 g/mol. The molecular formula is C24H16N2S3. The van der Waals surface area contributed by atoms with Gasteiger partial charge in [-0.2, -0.15) is 0 Å². The van der Waals surface area contributed by atoms with E-state index in [2.05, 4.69) is 106 Å². The van der Waals surface area contributed by atoms with E-state index < -0.39 is 0 Å². The van der Waals surface area contributed by atoms with Gasteiger partial charge in [-0.1, -0.05) is 11.8 Å². The standard InChI is InChI=1S/C24H16N2S3/c1-9-21(10-2-17(1)25-19-5-13-23(28-25)14-6-19)27-22-11-3-18(4-12-22)26-20-7-15-24(29-26)16-8-20/h1-16H. The Balaban J connectivity index is 1.16. The molecule has 8 rings (SSSR count). The highest BCUT2D eigenvalue weighted by atomic mass is 32.2. The first-order valence-corrected chi connectivity index (χ1v) is 11.7. The molecule has 0 fully saturated rings. The van der Waals surface area contributed by atoms with E-state index in [9.17, 15) is 0 Å². The molecule has 0 radical (unpaired) electrons. The number of benzene rings is 4. The molecule has 5 heteroatoms. The summed E-state index contributed by atoms with van der Waals surface area (Å²) >= 11 is 5.35. The van der Waals surface area contributed by atoms with Crippen molar-refractivity contribution in [3.63, 3.8) is 0 Å². The summed E-state index contributed by atoms with van der Waals surface area (Å²) in [7, 11) is 0. The first kappa shape index (κ1) is 17.4. The van der Waals surface area contributed by atoms with Crippen molar-refractivity contribution in [1.82, 2.24) is 0 Å². The van der Waals surface area contributed by atoms with Gasteiger partial charge in [0.1, 0.15) is 0 Å². The Kier molecular flexibility index (Phi) is 4.26. The van der Waals surface area contributed by atoms with E-state index in [1.54, 1.807) is 35.7 Å². The van der Waals surface area contributed by atoms with Crippen LogP contribution in [0.1, 0.15) is 0 Å². The first-order chi connectivity index (χ1) is 14.3. The molecule has 0 atom stereocenters. The van der Waals surface area contributed by atoms with Crippen molar-refractivity contribution in [3.8, 4) is 0 Å². The number of nitrogens with zero attached hydrogens (tertiary/aromatic N) is 2. The number of hydrogen-bond donors (Lipinski definition) is 0. The van der Waals surface area contributed by atoms with Crippen LogP contribution in [0.4, 0.5) is 22.7 Å². The van der Waals surface area contributed by atoms with Gasteiger partial charge in [-0.15, -0.1) is 0 Å². The van der Waals surface area contributed by atoms with Gasteiger partial charge in [0.25, 0.3) is 0 Å². The predicted molar refractivity (Wildman–Crippen MR) is 126 cm³/mol. The molecule has 0 amide bonds. The monoisotopic (exact) mass is 428 g/mol. The van der Waals surface area contributed by atoms with E-state index in [1.807, 2.05) is 0 Å². The minimum atomic E-state index is 1.21. The molecule has 0 aromatic heterocycles. The number of rotatable bonds is 4. The van der Waals surface area contributed by atoms with Gasteiger partial charge in [-0.3, -0.25) is 8.61 Å². The topological polar surface area (TPSA) is 6.48 Å². The summed E-state index contributed by atoms with van der Waals surface area (Å²) in [6.45, 7) is 0. The van der Waals surface area contributed by atoms with Crippen molar-refractivity contribution in [2.75, 3.05) is 8.61 Å². The number of fused-ring (bicyclic) bond motifs is 6. The molecule has 140 valence electrons. The Labute approximate surface area is 183 Å². The summed E-state index contributed by atoms with van der Waals surface area (Å²) in [6.07, 6.45) is 0. The van der Waals surface area contributed by atoms with Crippen LogP contribution in [-0.2, 0) is 0 Å². The summed E-state index contributed by atoms with van der Waals surface area (Å²) in [5, 5.41) is 0. The normalized spacial score (nSPS) is 13.9. The molecule has 0 unspecified atom stereocenters. The van der Waals surface area contributed by atoms with Gasteiger partial charge in [0.05, 0.1) is 22.7 Å². The molecule has 4 aliphatic heterocycles. The van der Waals surface area contributed by atoms with Crippen LogP contribution in [-0.4, -0.2) is 0 Å².